The number of amides is 1. The van der Waals surface area contributed by atoms with Crippen LogP contribution in [0.15, 0.2) is 65.3 Å². The number of methoxy groups -OCH3 is 1. The van der Waals surface area contributed by atoms with Crippen molar-refractivity contribution in [2.24, 2.45) is 0 Å². The van der Waals surface area contributed by atoms with Gasteiger partial charge in [-0.15, -0.1) is 0 Å². The van der Waals surface area contributed by atoms with Crippen LogP contribution in [0.25, 0.3) is 5.69 Å². The molecule has 0 fully saturated rings. The molecule has 2 aromatic carbocycles. The second kappa shape index (κ2) is 7.96. The van der Waals surface area contributed by atoms with Gasteiger partial charge in [0.2, 0.25) is 0 Å². The van der Waals surface area contributed by atoms with Crippen molar-refractivity contribution in [1.29, 1.82) is 0 Å². The zero-order valence-corrected chi connectivity index (χ0v) is 17.2. The minimum absolute atomic E-state index is 0.217. The smallest absolute Gasteiger partial charge is 0.275 e. The Labute approximate surface area is 167 Å². The molecule has 0 radical (unpaired) electrons. The first-order chi connectivity index (χ1) is 12.9. The largest absolute Gasteiger partial charge is 0.493 e. The zero-order valence-electron chi connectivity index (χ0n) is 15.6. The summed E-state index contributed by atoms with van der Waals surface area (Å²) in [6, 6.07) is 17.7. The molecule has 6 heteroatoms. The fourth-order valence-corrected chi connectivity index (χ4v) is 3.03. The number of nitrogens with zero attached hydrogens (tertiary/aromatic N) is 2. The van der Waals surface area contributed by atoms with Crippen molar-refractivity contribution in [3.05, 3.63) is 76.5 Å². The van der Waals surface area contributed by atoms with Gasteiger partial charge in [-0.1, -0.05) is 60.1 Å². The van der Waals surface area contributed by atoms with Crippen molar-refractivity contribution in [1.82, 2.24) is 15.1 Å². The molecule has 0 aliphatic heterocycles. The van der Waals surface area contributed by atoms with E-state index in [-0.39, 0.29) is 17.0 Å². The Bertz CT molecular complexity index is 918. The first-order valence-electron chi connectivity index (χ1n) is 8.64. The maximum atomic E-state index is 12.7. The van der Waals surface area contributed by atoms with Crippen LogP contribution in [0, 0.1) is 0 Å². The monoisotopic (exact) mass is 427 g/mol. The van der Waals surface area contributed by atoms with E-state index in [9.17, 15) is 4.79 Å². The number of carbonyl (C=O) groups excluding carboxylic acids is 1. The van der Waals surface area contributed by atoms with Gasteiger partial charge in [-0.25, -0.2) is 4.68 Å². The molecule has 1 aromatic heterocycles. The fourth-order valence-electron chi connectivity index (χ4n) is 2.77. The highest BCUT2D eigenvalue weighted by Gasteiger charge is 2.24. The summed E-state index contributed by atoms with van der Waals surface area (Å²) in [4.78, 5) is 12.7. The molecule has 0 aliphatic carbocycles. The second-order valence-electron chi connectivity index (χ2n) is 6.90. The first kappa shape index (κ1) is 19.2. The van der Waals surface area contributed by atoms with Crippen LogP contribution in [-0.2, 0) is 5.41 Å². The third-order valence-electron chi connectivity index (χ3n) is 4.45. The Hall–Kier alpha value is -2.60. The lowest BCUT2D eigenvalue weighted by Gasteiger charge is -2.25. The van der Waals surface area contributed by atoms with Gasteiger partial charge in [-0.05, 0) is 29.8 Å². The Morgan fingerprint density at radius 3 is 2.44 bits per heavy atom. The molecule has 140 valence electrons. The van der Waals surface area contributed by atoms with Gasteiger partial charge in [-0.3, -0.25) is 4.79 Å². The molecule has 1 heterocycles. The average Bonchev–Trinajstić information content (AvgIpc) is 3.12. The number of para-hydroxylation sites is 1. The maximum Gasteiger partial charge on any atom is 0.275 e. The number of ether oxygens (including phenoxy) is 1. The Balaban J connectivity index is 1.76. The number of hydrogen-bond acceptors (Lipinski definition) is 3. The summed E-state index contributed by atoms with van der Waals surface area (Å²) >= 11 is 3.45. The quantitative estimate of drug-likeness (QED) is 0.635. The lowest BCUT2D eigenvalue weighted by molar-refractivity contribution is 0.0937. The van der Waals surface area contributed by atoms with E-state index in [1.54, 1.807) is 10.9 Å². The molecule has 0 bridgehead atoms. The molecule has 0 unspecified atom stereocenters. The average molecular weight is 428 g/mol. The highest BCUT2D eigenvalue weighted by Crippen LogP contribution is 2.25. The van der Waals surface area contributed by atoms with Crippen LogP contribution in [-0.4, -0.2) is 29.3 Å². The van der Waals surface area contributed by atoms with Crippen LogP contribution in [0.5, 0.6) is 5.75 Å². The normalized spacial score (nSPS) is 11.3. The molecule has 1 N–H and O–H groups in total. The maximum absolute atomic E-state index is 12.7. The van der Waals surface area contributed by atoms with E-state index in [0.29, 0.717) is 12.3 Å². The molecule has 0 saturated carbocycles. The van der Waals surface area contributed by atoms with E-state index in [1.165, 1.54) is 7.11 Å². The van der Waals surface area contributed by atoms with Crippen LogP contribution >= 0.6 is 15.9 Å². The van der Waals surface area contributed by atoms with Gasteiger partial charge < -0.3 is 10.1 Å². The van der Waals surface area contributed by atoms with Crippen LogP contribution in [0.4, 0.5) is 0 Å². The predicted octanol–water partition coefficient (Wildman–Crippen LogP) is 4.35. The lowest BCUT2D eigenvalue weighted by atomic mass is 9.84. The standard InChI is InChI=1S/C21H22BrN3O2/c1-21(2,15-9-11-16(22)12-10-15)14-23-20(26)19-18(27-3)13-25(24-19)17-7-5-4-6-8-17/h4-13H,14H2,1-3H3,(H,23,26). The molecule has 0 aliphatic rings. The van der Waals surface area contributed by atoms with Crippen LogP contribution < -0.4 is 10.1 Å². The van der Waals surface area contributed by atoms with Crippen molar-refractivity contribution in [2.75, 3.05) is 13.7 Å². The Morgan fingerprint density at radius 2 is 1.81 bits per heavy atom. The number of aromatic nitrogens is 2. The van der Waals surface area contributed by atoms with E-state index in [0.717, 1.165) is 15.7 Å². The summed E-state index contributed by atoms with van der Waals surface area (Å²) in [5.74, 6) is 0.185. The molecule has 27 heavy (non-hydrogen) atoms. The van der Waals surface area contributed by atoms with E-state index >= 15 is 0 Å². The summed E-state index contributed by atoms with van der Waals surface area (Å²) in [5, 5.41) is 7.39. The summed E-state index contributed by atoms with van der Waals surface area (Å²) in [6.07, 6.45) is 1.71. The topological polar surface area (TPSA) is 56.2 Å². The highest BCUT2D eigenvalue weighted by molar-refractivity contribution is 9.10. The summed E-state index contributed by atoms with van der Waals surface area (Å²) < 4.78 is 8.03. The third-order valence-corrected chi connectivity index (χ3v) is 4.98. The lowest BCUT2D eigenvalue weighted by Crippen LogP contribution is -2.37. The summed E-state index contributed by atoms with van der Waals surface area (Å²) in [6.45, 7) is 4.67. The molecular weight excluding hydrogens is 406 g/mol. The van der Waals surface area contributed by atoms with Gasteiger partial charge >= 0.3 is 0 Å². The predicted molar refractivity (Wildman–Crippen MR) is 110 cm³/mol. The first-order valence-corrected chi connectivity index (χ1v) is 9.43. The molecule has 1 amide bonds. The number of carbonyl (C=O) groups is 1. The fraction of sp³-hybridized carbons (Fsp3) is 0.238. The van der Waals surface area contributed by atoms with Gasteiger partial charge in [0.15, 0.2) is 11.4 Å². The van der Waals surface area contributed by atoms with Crippen molar-refractivity contribution in [3.8, 4) is 11.4 Å². The number of halogens is 1. The Morgan fingerprint density at radius 1 is 1.15 bits per heavy atom. The molecule has 0 saturated heterocycles. The van der Waals surface area contributed by atoms with E-state index in [1.807, 2.05) is 42.5 Å². The van der Waals surface area contributed by atoms with E-state index in [4.69, 9.17) is 4.74 Å². The van der Waals surface area contributed by atoms with Crippen molar-refractivity contribution in [3.63, 3.8) is 0 Å². The van der Waals surface area contributed by atoms with Crippen LogP contribution in [0.3, 0.4) is 0 Å². The summed E-state index contributed by atoms with van der Waals surface area (Å²) in [5.41, 5.74) is 2.07. The van der Waals surface area contributed by atoms with Gasteiger partial charge in [0.25, 0.3) is 5.91 Å². The molecule has 5 nitrogen and oxygen atoms in total. The molecule has 0 atom stereocenters. The number of hydrogen-bond donors (Lipinski definition) is 1. The molecule has 3 aromatic rings. The number of benzene rings is 2. The SMILES string of the molecule is COc1cn(-c2ccccc2)nc1C(=O)NCC(C)(C)c1ccc(Br)cc1. The molecular formula is C21H22BrN3O2. The minimum Gasteiger partial charge on any atom is -0.493 e. The van der Waals surface area contributed by atoms with Gasteiger partial charge in [0.05, 0.1) is 19.0 Å². The minimum atomic E-state index is -0.258. The highest BCUT2D eigenvalue weighted by atomic mass is 79.9. The van der Waals surface area contributed by atoms with Gasteiger partial charge in [0.1, 0.15) is 0 Å². The Kier molecular flexibility index (Phi) is 5.65. The van der Waals surface area contributed by atoms with Gasteiger partial charge in [-0.2, -0.15) is 5.10 Å². The number of nitrogens with one attached hydrogen (secondary N) is 1. The third kappa shape index (κ3) is 4.39. The van der Waals surface area contributed by atoms with Crippen molar-refractivity contribution >= 4 is 21.8 Å². The molecule has 3 rings (SSSR count). The number of rotatable bonds is 6. The second-order valence-corrected chi connectivity index (χ2v) is 7.82. The van der Waals surface area contributed by atoms with Gasteiger partial charge in [0, 0.05) is 16.4 Å². The van der Waals surface area contributed by atoms with Crippen molar-refractivity contribution in [2.45, 2.75) is 19.3 Å². The van der Waals surface area contributed by atoms with E-state index < -0.39 is 0 Å². The van der Waals surface area contributed by atoms with E-state index in [2.05, 4.69) is 52.3 Å². The van der Waals surface area contributed by atoms with Crippen molar-refractivity contribution < 1.29 is 9.53 Å². The zero-order chi connectivity index (χ0) is 19.4. The molecule has 0 spiro atoms. The van der Waals surface area contributed by atoms with Crippen LogP contribution in [0.1, 0.15) is 29.9 Å². The van der Waals surface area contributed by atoms with Crippen LogP contribution in [0.2, 0.25) is 0 Å². The summed E-state index contributed by atoms with van der Waals surface area (Å²) in [7, 11) is 1.54.